The summed E-state index contributed by atoms with van der Waals surface area (Å²) in [6.45, 7) is 4.35. The van der Waals surface area contributed by atoms with E-state index in [0.717, 1.165) is 5.69 Å². The van der Waals surface area contributed by atoms with Crippen LogP contribution in [0.2, 0.25) is 5.02 Å². The van der Waals surface area contributed by atoms with Gasteiger partial charge in [0, 0.05) is 6.54 Å². The Kier molecular flexibility index (Phi) is 4.60. The Balaban J connectivity index is 2.65. The molecule has 0 spiro atoms. The van der Waals surface area contributed by atoms with Crippen LogP contribution in [0.15, 0.2) is 18.2 Å². The highest BCUT2D eigenvalue weighted by atomic mass is 35.5. The highest BCUT2D eigenvalue weighted by molar-refractivity contribution is 6.33. The summed E-state index contributed by atoms with van der Waals surface area (Å²) in [5.74, 6) is 0.199. The van der Waals surface area contributed by atoms with E-state index in [2.05, 4.69) is 5.32 Å². The molecule has 0 aromatic heterocycles. The van der Waals surface area contributed by atoms with Gasteiger partial charge in [-0.3, -0.25) is 0 Å². The van der Waals surface area contributed by atoms with E-state index in [1.54, 1.807) is 18.2 Å². The molecule has 16 heavy (non-hydrogen) atoms. The zero-order chi connectivity index (χ0) is 12.1. The van der Waals surface area contributed by atoms with Crippen molar-refractivity contribution in [2.24, 2.45) is 5.92 Å². The van der Waals surface area contributed by atoms with Crippen molar-refractivity contribution >= 4 is 17.3 Å². The number of rotatable bonds is 4. The van der Waals surface area contributed by atoms with Crippen LogP contribution in [0.5, 0.6) is 0 Å². The number of nitrogens with zero attached hydrogens (tertiary/aromatic N) is 1. The average molecular weight is 239 g/mol. The molecule has 0 aliphatic carbocycles. The zero-order valence-electron chi connectivity index (χ0n) is 9.37. The van der Waals surface area contributed by atoms with Crippen LogP contribution < -0.4 is 5.32 Å². The van der Waals surface area contributed by atoms with Crippen molar-refractivity contribution in [2.45, 2.75) is 20.0 Å². The number of hydrogen-bond acceptors (Lipinski definition) is 3. The first-order valence-electron chi connectivity index (χ1n) is 5.16. The Hall–Kier alpha value is -1.24. The minimum atomic E-state index is -0.410. The number of halogens is 1. The Morgan fingerprint density at radius 2 is 2.19 bits per heavy atom. The Bertz CT molecular complexity index is 398. The van der Waals surface area contributed by atoms with Gasteiger partial charge < -0.3 is 10.4 Å². The molecule has 1 atom stereocenters. The van der Waals surface area contributed by atoms with Crippen LogP contribution in [0.4, 0.5) is 5.69 Å². The predicted octanol–water partition coefficient (Wildman–Crippen LogP) is 2.64. The lowest BCUT2D eigenvalue weighted by molar-refractivity contribution is 0.138. The second kappa shape index (κ2) is 5.74. The van der Waals surface area contributed by atoms with Gasteiger partial charge in [-0.2, -0.15) is 5.26 Å². The molecule has 1 rings (SSSR count). The molecule has 0 saturated carbocycles. The lowest BCUT2D eigenvalue weighted by atomic mass is 10.1. The first-order valence-corrected chi connectivity index (χ1v) is 5.54. The minimum Gasteiger partial charge on any atom is -0.391 e. The first kappa shape index (κ1) is 12.8. The molecule has 0 bridgehead atoms. The number of hydrogen-bond donors (Lipinski definition) is 2. The monoisotopic (exact) mass is 238 g/mol. The van der Waals surface area contributed by atoms with E-state index in [1.807, 2.05) is 19.9 Å². The molecule has 1 aromatic rings. The summed E-state index contributed by atoms with van der Waals surface area (Å²) >= 11 is 5.98. The van der Waals surface area contributed by atoms with E-state index in [9.17, 15) is 5.11 Å². The number of nitriles is 1. The third-order valence-corrected chi connectivity index (χ3v) is 2.68. The molecule has 86 valence electrons. The molecule has 1 aromatic carbocycles. The van der Waals surface area contributed by atoms with Crippen LogP contribution in [0.3, 0.4) is 0 Å². The standard InChI is InChI=1S/C12H15ClN2O/c1-8(2)12(16)7-15-11-4-3-9(6-14)5-10(11)13/h3-5,8,12,15-16H,7H2,1-2H3. The fourth-order valence-corrected chi connectivity index (χ4v) is 1.43. The van der Waals surface area contributed by atoms with Crippen molar-refractivity contribution in [1.29, 1.82) is 5.26 Å². The average Bonchev–Trinajstić information content (AvgIpc) is 2.26. The third-order valence-electron chi connectivity index (χ3n) is 2.37. The van der Waals surface area contributed by atoms with Gasteiger partial charge in [-0.05, 0) is 24.1 Å². The lowest BCUT2D eigenvalue weighted by Crippen LogP contribution is -2.24. The van der Waals surface area contributed by atoms with Crippen LogP contribution in [-0.2, 0) is 0 Å². The van der Waals surface area contributed by atoms with E-state index >= 15 is 0 Å². The summed E-state index contributed by atoms with van der Waals surface area (Å²) in [6, 6.07) is 7.05. The van der Waals surface area contributed by atoms with E-state index in [-0.39, 0.29) is 5.92 Å². The van der Waals surface area contributed by atoms with E-state index in [0.29, 0.717) is 17.1 Å². The second-order valence-corrected chi connectivity index (χ2v) is 4.41. The summed E-state index contributed by atoms with van der Waals surface area (Å²) in [5.41, 5.74) is 1.26. The molecule has 0 amide bonds. The summed E-state index contributed by atoms with van der Waals surface area (Å²) in [4.78, 5) is 0. The molecule has 1 unspecified atom stereocenters. The van der Waals surface area contributed by atoms with Crippen molar-refractivity contribution in [3.8, 4) is 6.07 Å². The molecule has 4 heteroatoms. The maximum absolute atomic E-state index is 9.62. The van der Waals surface area contributed by atoms with Gasteiger partial charge in [0.15, 0.2) is 0 Å². The summed E-state index contributed by atoms with van der Waals surface area (Å²) in [5, 5.41) is 21.8. The Morgan fingerprint density at radius 3 is 2.69 bits per heavy atom. The van der Waals surface area contributed by atoms with Crippen LogP contribution >= 0.6 is 11.6 Å². The molecule has 0 saturated heterocycles. The quantitative estimate of drug-likeness (QED) is 0.848. The topological polar surface area (TPSA) is 56.0 Å². The largest absolute Gasteiger partial charge is 0.391 e. The number of benzene rings is 1. The second-order valence-electron chi connectivity index (χ2n) is 4.00. The van der Waals surface area contributed by atoms with Crippen LogP contribution in [0.25, 0.3) is 0 Å². The van der Waals surface area contributed by atoms with Crippen molar-refractivity contribution in [2.75, 3.05) is 11.9 Å². The fraction of sp³-hybridized carbons (Fsp3) is 0.417. The molecule has 0 fully saturated rings. The van der Waals surface area contributed by atoms with Gasteiger partial charge in [0.2, 0.25) is 0 Å². The number of anilines is 1. The van der Waals surface area contributed by atoms with Gasteiger partial charge in [-0.1, -0.05) is 25.4 Å². The number of aliphatic hydroxyl groups excluding tert-OH is 1. The smallest absolute Gasteiger partial charge is 0.0992 e. The summed E-state index contributed by atoms with van der Waals surface area (Å²) < 4.78 is 0. The van der Waals surface area contributed by atoms with Crippen molar-refractivity contribution < 1.29 is 5.11 Å². The van der Waals surface area contributed by atoms with Crippen LogP contribution in [0.1, 0.15) is 19.4 Å². The summed E-state index contributed by atoms with van der Waals surface area (Å²) in [7, 11) is 0. The Morgan fingerprint density at radius 1 is 1.50 bits per heavy atom. The normalized spacial score (nSPS) is 12.2. The van der Waals surface area contributed by atoms with E-state index < -0.39 is 6.10 Å². The van der Waals surface area contributed by atoms with Gasteiger partial charge in [-0.25, -0.2) is 0 Å². The maximum atomic E-state index is 9.62. The van der Waals surface area contributed by atoms with Crippen LogP contribution in [0, 0.1) is 17.2 Å². The van der Waals surface area contributed by atoms with Gasteiger partial charge >= 0.3 is 0 Å². The van der Waals surface area contributed by atoms with Gasteiger partial charge in [0.1, 0.15) is 0 Å². The van der Waals surface area contributed by atoms with Crippen molar-refractivity contribution in [3.05, 3.63) is 28.8 Å². The van der Waals surface area contributed by atoms with Gasteiger partial charge in [-0.15, -0.1) is 0 Å². The summed E-state index contributed by atoms with van der Waals surface area (Å²) in [6.07, 6.45) is -0.410. The molecule has 0 aliphatic heterocycles. The zero-order valence-corrected chi connectivity index (χ0v) is 10.1. The molecule has 2 N–H and O–H groups in total. The minimum absolute atomic E-state index is 0.199. The molecular formula is C12H15ClN2O. The first-order chi connectivity index (χ1) is 7.54. The van der Waals surface area contributed by atoms with Crippen molar-refractivity contribution in [3.63, 3.8) is 0 Å². The van der Waals surface area contributed by atoms with E-state index in [1.165, 1.54) is 0 Å². The lowest BCUT2D eigenvalue weighted by Gasteiger charge is -2.16. The Labute approximate surface area is 101 Å². The van der Waals surface area contributed by atoms with E-state index in [4.69, 9.17) is 16.9 Å². The maximum Gasteiger partial charge on any atom is 0.0992 e. The molecule has 0 heterocycles. The molecule has 0 radical (unpaired) electrons. The van der Waals surface area contributed by atoms with Crippen molar-refractivity contribution in [1.82, 2.24) is 0 Å². The highest BCUT2D eigenvalue weighted by Gasteiger charge is 2.09. The molecule has 3 nitrogen and oxygen atoms in total. The number of nitrogens with one attached hydrogen (secondary N) is 1. The fourth-order valence-electron chi connectivity index (χ4n) is 1.18. The highest BCUT2D eigenvalue weighted by Crippen LogP contribution is 2.22. The molecule has 0 aliphatic rings. The number of aliphatic hydroxyl groups is 1. The van der Waals surface area contributed by atoms with Crippen LogP contribution in [-0.4, -0.2) is 17.8 Å². The van der Waals surface area contributed by atoms with Gasteiger partial charge in [0.05, 0.1) is 28.4 Å². The SMILES string of the molecule is CC(C)C(O)CNc1ccc(C#N)cc1Cl. The predicted molar refractivity (Wildman–Crippen MR) is 65.5 cm³/mol. The molecular weight excluding hydrogens is 224 g/mol. The third kappa shape index (κ3) is 3.41. The van der Waals surface area contributed by atoms with Gasteiger partial charge in [0.25, 0.3) is 0 Å².